The molecule has 0 spiro atoms. The van der Waals surface area contributed by atoms with E-state index in [9.17, 15) is 4.79 Å². The zero-order valence-electron chi connectivity index (χ0n) is 11.1. The molecule has 2 heterocycles. The fourth-order valence-electron chi connectivity index (χ4n) is 1.76. The van der Waals surface area contributed by atoms with Crippen LogP contribution in [0.25, 0.3) is 10.8 Å². The molecule has 0 aliphatic heterocycles. The first-order valence-electron chi connectivity index (χ1n) is 6.48. The normalized spacial score (nSPS) is 19.6. The van der Waals surface area contributed by atoms with Crippen LogP contribution in [0.3, 0.4) is 0 Å². The molecule has 2 aromatic heterocycles. The highest BCUT2D eigenvalue weighted by molar-refractivity contribution is 5.80. The van der Waals surface area contributed by atoms with Gasteiger partial charge in [0.1, 0.15) is 0 Å². The molecule has 0 unspecified atom stereocenters. The SMILES string of the molecule is [2H]C([2H])([2H])n1ccc2cc(C3CC3)ncc2c1=O. The van der Waals surface area contributed by atoms with E-state index in [1.165, 1.54) is 12.4 Å². The number of fused-ring (bicyclic) bond motifs is 1. The minimum Gasteiger partial charge on any atom is -0.318 e. The highest BCUT2D eigenvalue weighted by Crippen LogP contribution is 2.39. The molecule has 1 fully saturated rings. The summed E-state index contributed by atoms with van der Waals surface area (Å²) >= 11 is 0. The van der Waals surface area contributed by atoms with Crippen LogP contribution in [-0.2, 0) is 6.98 Å². The Morgan fingerprint density at radius 3 is 3.20 bits per heavy atom. The van der Waals surface area contributed by atoms with Crippen molar-refractivity contribution in [3.8, 4) is 0 Å². The number of rotatable bonds is 1. The van der Waals surface area contributed by atoms with Gasteiger partial charge >= 0.3 is 0 Å². The van der Waals surface area contributed by atoms with E-state index in [-0.39, 0.29) is 0 Å². The van der Waals surface area contributed by atoms with Crippen molar-refractivity contribution in [1.29, 1.82) is 0 Å². The number of aryl methyl sites for hydroxylation is 1. The number of hydrogen-bond acceptors (Lipinski definition) is 2. The largest absolute Gasteiger partial charge is 0.318 e. The Morgan fingerprint density at radius 2 is 2.47 bits per heavy atom. The smallest absolute Gasteiger partial charge is 0.259 e. The predicted octanol–water partition coefficient (Wildman–Crippen LogP) is 1.81. The van der Waals surface area contributed by atoms with Gasteiger partial charge in [0.2, 0.25) is 0 Å². The highest BCUT2D eigenvalue weighted by atomic mass is 16.1. The van der Waals surface area contributed by atoms with Crippen LogP contribution >= 0.6 is 0 Å². The summed E-state index contributed by atoms with van der Waals surface area (Å²) in [6, 6.07) is 3.55. The molecule has 0 bridgehead atoms. The summed E-state index contributed by atoms with van der Waals surface area (Å²) in [6.45, 7) is -2.44. The third kappa shape index (κ3) is 1.35. The molecular weight excluding hydrogens is 188 g/mol. The maximum Gasteiger partial charge on any atom is 0.259 e. The van der Waals surface area contributed by atoms with Gasteiger partial charge < -0.3 is 4.57 Å². The van der Waals surface area contributed by atoms with Crippen molar-refractivity contribution >= 4 is 10.8 Å². The maximum absolute atomic E-state index is 12.0. The van der Waals surface area contributed by atoms with Gasteiger partial charge in [-0.1, -0.05) is 0 Å². The Balaban J connectivity index is 2.21. The Bertz CT molecular complexity index is 671. The van der Waals surface area contributed by atoms with E-state index < -0.39 is 12.5 Å². The molecule has 2 aromatic rings. The van der Waals surface area contributed by atoms with Gasteiger partial charge in [0.05, 0.1) is 5.39 Å². The van der Waals surface area contributed by atoms with E-state index in [4.69, 9.17) is 4.11 Å². The van der Waals surface area contributed by atoms with Gasteiger partial charge in [-0.3, -0.25) is 9.78 Å². The summed E-state index contributed by atoms with van der Waals surface area (Å²) in [5.41, 5.74) is 0.482. The van der Waals surface area contributed by atoms with Crippen LogP contribution in [0.4, 0.5) is 0 Å². The molecule has 0 saturated heterocycles. The molecule has 0 radical (unpaired) electrons. The second kappa shape index (κ2) is 2.92. The zero-order valence-corrected chi connectivity index (χ0v) is 8.10. The van der Waals surface area contributed by atoms with Gasteiger partial charge in [0, 0.05) is 35.1 Å². The van der Waals surface area contributed by atoms with Crippen molar-refractivity contribution in [3.05, 3.63) is 40.6 Å². The van der Waals surface area contributed by atoms with Crippen molar-refractivity contribution in [2.24, 2.45) is 6.98 Å². The third-order valence-corrected chi connectivity index (χ3v) is 2.81. The lowest BCUT2D eigenvalue weighted by Gasteiger charge is -2.02. The highest BCUT2D eigenvalue weighted by Gasteiger charge is 2.24. The monoisotopic (exact) mass is 203 g/mol. The first kappa shape index (κ1) is 6.05. The molecule has 0 aromatic carbocycles. The van der Waals surface area contributed by atoms with E-state index >= 15 is 0 Å². The lowest BCUT2D eigenvalue weighted by Crippen LogP contribution is -2.15. The Labute approximate surface area is 91.6 Å². The van der Waals surface area contributed by atoms with E-state index in [2.05, 4.69) is 4.98 Å². The molecular formula is C12H12N2O. The van der Waals surface area contributed by atoms with Gasteiger partial charge in [-0.05, 0) is 30.4 Å². The van der Waals surface area contributed by atoms with Crippen molar-refractivity contribution in [1.82, 2.24) is 9.55 Å². The molecule has 1 aliphatic carbocycles. The van der Waals surface area contributed by atoms with Crippen LogP contribution in [0, 0.1) is 0 Å². The summed E-state index contributed by atoms with van der Waals surface area (Å²) in [5, 5.41) is 1.12. The average molecular weight is 203 g/mol. The molecule has 1 aliphatic rings. The fraction of sp³-hybridized carbons (Fsp3) is 0.333. The van der Waals surface area contributed by atoms with Crippen molar-refractivity contribution < 1.29 is 4.11 Å². The molecule has 3 rings (SSSR count). The summed E-state index contributed by atoms with van der Waals surface area (Å²) in [5.74, 6) is 0.513. The Morgan fingerprint density at radius 1 is 1.60 bits per heavy atom. The quantitative estimate of drug-likeness (QED) is 0.708. The van der Waals surface area contributed by atoms with Gasteiger partial charge in [-0.15, -0.1) is 0 Å². The number of aromatic nitrogens is 2. The van der Waals surface area contributed by atoms with Crippen LogP contribution in [-0.4, -0.2) is 9.55 Å². The topological polar surface area (TPSA) is 34.9 Å². The van der Waals surface area contributed by atoms with Crippen molar-refractivity contribution in [2.45, 2.75) is 18.8 Å². The first-order chi connectivity index (χ1) is 8.47. The number of pyridine rings is 2. The van der Waals surface area contributed by atoms with Crippen LogP contribution in [0.15, 0.2) is 29.3 Å². The summed E-state index contributed by atoms with van der Waals surface area (Å²) < 4.78 is 22.6. The second-order valence-electron chi connectivity index (χ2n) is 3.96. The molecule has 1 saturated carbocycles. The Hall–Kier alpha value is -1.64. The minimum atomic E-state index is -2.44. The molecule has 0 amide bonds. The van der Waals surface area contributed by atoms with E-state index in [0.717, 1.165) is 28.5 Å². The van der Waals surface area contributed by atoms with Gasteiger partial charge in [-0.25, -0.2) is 0 Å². The standard InChI is InChI=1S/C12H12N2O/c1-14-5-4-9-6-11(8-2-3-8)13-7-10(9)12(14)15/h4-8H,2-3H2,1H3/i1D3. The number of nitrogens with zero attached hydrogens (tertiary/aromatic N) is 2. The van der Waals surface area contributed by atoms with Crippen LogP contribution in [0.5, 0.6) is 0 Å². The zero-order chi connectivity index (χ0) is 12.9. The molecule has 15 heavy (non-hydrogen) atoms. The minimum absolute atomic E-state index is 0.359. The lowest BCUT2D eigenvalue weighted by molar-refractivity contribution is 0.871. The summed E-state index contributed by atoms with van der Waals surface area (Å²) in [4.78, 5) is 16.3. The second-order valence-corrected chi connectivity index (χ2v) is 3.96. The van der Waals surface area contributed by atoms with Crippen molar-refractivity contribution in [3.63, 3.8) is 0 Å². The van der Waals surface area contributed by atoms with Crippen LogP contribution in [0.2, 0.25) is 0 Å². The van der Waals surface area contributed by atoms with Crippen LogP contribution in [0.1, 0.15) is 28.6 Å². The molecule has 3 heteroatoms. The lowest BCUT2D eigenvalue weighted by atomic mass is 10.1. The summed E-state index contributed by atoms with van der Waals surface area (Å²) in [7, 11) is 0. The molecule has 76 valence electrons. The van der Waals surface area contributed by atoms with Crippen LogP contribution < -0.4 is 5.56 Å². The number of hydrogen-bond donors (Lipinski definition) is 0. The third-order valence-electron chi connectivity index (χ3n) is 2.81. The Kier molecular flexibility index (Phi) is 1.18. The van der Waals surface area contributed by atoms with E-state index in [1.54, 1.807) is 6.07 Å². The van der Waals surface area contributed by atoms with Gasteiger partial charge in [0.25, 0.3) is 5.56 Å². The summed E-state index contributed by atoms with van der Waals surface area (Å²) in [6.07, 6.45) is 5.11. The molecule has 0 N–H and O–H groups in total. The first-order valence-corrected chi connectivity index (χ1v) is 4.98. The molecule has 0 atom stereocenters. The fourth-order valence-corrected chi connectivity index (χ4v) is 1.76. The van der Waals surface area contributed by atoms with E-state index in [0.29, 0.717) is 11.3 Å². The van der Waals surface area contributed by atoms with Gasteiger partial charge in [-0.2, -0.15) is 0 Å². The van der Waals surface area contributed by atoms with E-state index in [1.807, 2.05) is 6.07 Å². The van der Waals surface area contributed by atoms with Gasteiger partial charge in [0.15, 0.2) is 0 Å². The average Bonchev–Trinajstić information content (AvgIpc) is 3.11. The van der Waals surface area contributed by atoms with Crippen molar-refractivity contribution in [2.75, 3.05) is 0 Å². The maximum atomic E-state index is 12.0. The predicted molar refractivity (Wildman–Crippen MR) is 59.0 cm³/mol. The molecule has 3 nitrogen and oxygen atoms in total.